The van der Waals surface area contributed by atoms with E-state index in [1.165, 1.54) is 11.8 Å². The second-order valence-corrected chi connectivity index (χ2v) is 5.02. The van der Waals surface area contributed by atoms with E-state index >= 15 is 0 Å². The van der Waals surface area contributed by atoms with Crippen LogP contribution in [0.25, 0.3) is 0 Å². The van der Waals surface area contributed by atoms with E-state index in [1.807, 2.05) is 6.92 Å². The number of hydrogen-bond donors (Lipinski definition) is 1. The van der Waals surface area contributed by atoms with Gasteiger partial charge in [-0.15, -0.1) is 5.10 Å². The number of H-pyrrole nitrogens is 1. The molecule has 0 fully saturated rings. The highest BCUT2D eigenvalue weighted by Gasteiger charge is 2.08. The van der Waals surface area contributed by atoms with Crippen molar-refractivity contribution in [1.82, 2.24) is 20.2 Å². The molecule has 0 aliphatic carbocycles. The van der Waals surface area contributed by atoms with Crippen LogP contribution in [-0.4, -0.2) is 20.2 Å². The highest BCUT2D eigenvalue weighted by atomic mass is 79.9. The normalized spacial score (nSPS) is 10.6. The van der Waals surface area contributed by atoms with Crippen LogP contribution >= 0.6 is 39.3 Å². The van der Waals surface area contributed by atoms with Crippen molar-refractivity contribution in [2.45, 2.75) is 17.1 Å². The summed E-state index contributed by atoms with van der Waals surface area (Å²) in [6, 6.07) is 1.79. The van der Waals surface area contributed by atoms with Crippen molar-refractivity contribution in [3.05, 3.63) is 27.6 Å². The Morgan fingerprint density at radius 3 is 2.93 bits per heavy atom. The van der Waals surface area contributed by atoms with Gasteiger partial charge < -0.3 is 0 Å². The first-order chi connectivity index (χ1) is 7.15. The van der Waals surface area contributed by atoms with Gasteiger partial charge in [-0.05, 0) is 40.7 Å². The number of rotatable bonds is 2. The lowest BCUT2D eigenvalue weighted by Gasteiger charge is -1.99. The number of pyridine rings is 1. The van der Waals surface area contributed by atoms with Crippen molar-refractivity contribution in [1.29, 1.82) is 0 Å². The van der Waals surface area contributed by atoms with Gasteiger partial charge in [0.15, 0.2) is 0 Å². The average Bonchev–Trinajstić information content (AvgIpc) is 2.56. The summed E-state index contributed by atoms with van der Waals surface area (Å²) in [7, 11) is 0. The first-order valence-corrected chi connectivity index (χ1v) is 6.02. The molecule has 2 aromatic heterocycles. The summed E-state index contributed by atoms with van der Waals surface area (Å²) in [6.07, 6.45) is 1.69. The Kier molecular flexibility index (Phi) is 3.28. The van der Waals surface area contributed by atoms with Gasteiger partial charge in [-0.2, -0.15) is 0 Å². The summed E-state index contributed by atoms with van der Waals surface area (Å²) in [5.41, 5.74) is 0. The highest BCUT2D eigenvalue weighted by Crippen LogP contribution is 2.30. The molecule has 0 saturated carbocycles. The van der Waals surface area contributed by atoms with E-state index in [4.69, 9.17) is 11.6 Å². The molecule has 0 aliphatic rings. The lowest BCUT2D eigenvalue weighted by atomic mass is 10.5. The summed E-state index contributed by atoms with van der Waals surface area (Å²) < 4.78 is 0.850. The van der Waals surface area contributed by atoms with Crippen molar-refractivity contribution < 1.29 is 0 Å². The summed E-state index contributed by atoms with van der Waals surface area (Å²) in [4.78, 5) is 8.33. The van der Waals surface area contributed by atoms with Crippen molar-refractivity contribution >= 4 is 39.3 Å². The second kappa shape index (κ2) is 4.51. The van der Waals surface area contributed by atoms with Crippen LogP contribution in [0.15, 0.2) is 26.9 Å². The Balaban J connectivity index is 2.24. The second-order valence-electron chi connectivity index (χ2n) is 2.75. The maximum Gasteiger partial charge on any atom is 0.214 e. The summed E-state index contributed by atoms with van der Waals surface area (Å²) in [5.74, 6) is 0.769. The van der Waals surface area contributed by atoms with Gasteiger partial charge in [0.25, 0.3) is 0 Å². The molecule has 2 rings (SSSR count). The van der Waals surface area contributed by atoms with Crippen LogP contribution in [0.3, 0.4) is 0 Å². The van der Waals surface area contributed by atoms with E-state index < -0.39 is 0 Å². The minimum Gasteiger partial charge on any atom is -0.262 e. The van der Waals surface area contributed by atoms with Gasteiger partial charge in [0.1, 0.15) is 10.9 Å². The molecule has 0 aromatic carbocycles. The molecule has 4 nitrogen and oxygen atoms in total. The third kappa shape index (κ3) is 2.70. The molecule has 1 N–H and O–H groups in total. The fourth-order valence-electron chi connectivity index (χ4n) is 0.931. The lowest BCUT2D eigenvalue weighted by Crippen LogP contribution is -1.83. The molecular weight excluding hydrogens is 300 g/mol. The molecule has 15 heavy (non-hydrogen) atoms. The Labute approximate surface area is 104 Å². The first-order valence-electron chi connectivity index (χ1n) is 4.03. The fourth-order valence-corrected chi connectivity index (χ4v) is 2.39. The van der Waals surface area contributed by atoms with Crippen LogP contribution in [0.4, 0.5) is 0 Å². The Hall–Kier alpha value is -0.590. The maximum absolute atomic E-state index is 6.01. The van der Waals surface area contributed by atoms with E-state index in [9.17, 15) is 0 Å². The van der Waals surface area contributed by atoms with Crippen LogP contribution < -0.4 is 0 Å². The molecule has 2 aromatic rings. The van der Waals surface area contributed by atoms with Gasteiger partial charge in [0, 0.05) is 10.7 Å². The predicted octanol–water partition coefficient (Wildman–Crippen LogP) is 3.08. The van der Waals surface area contributed by atoms with Crippen LogP contribution in [0.2, 0.25) is 5.02 Å². The van der Waals surface area contributed by atoms with Crippen molar-refractivity contribution in [2.75, 3.05) is 0 Å². The van der Waals surface area contributed by atoms with E-state index in [1.54, 1.807) is 12.3 Å². The fraction of sp³-hybridized carbons (Fsp3) is 0.125. The predicted molar refractivity (Wildman–Crippen MR) is 62.2 cm³/mol. The quantitative estimate of drug-likeness (QED) is 0.926. The maximum atomic E-state index is 6.01. The van der Waals surface area contributed by atoms with Gasteiger partial charge in [0.05, 0.1) is 5.02 Å². The minimum atomic E-state index is 0.580. The van der Waals surface area contributed by atoms with Crippen molar-refractivity contribution in [2.24, 2.45) is 0 Å². The summed E-state index contributed by atoms with van der Waals surface area (Å²) >= 11 is 10.6. The topological polar surface area (TPSA) is 54.5 Å². The average molecular weight is 306 g/mol. The highest BCUT2D eigenvalue weighted by molar-refractivity contribution is 9.10. The summed E-state index contributed by atoms with van der Waals surface area (Å²) in [6.45, 7) is 1.84. The van der Waals surface area contributed by atoms with E-state index in [-0.39, 0.29) is 0 Å². The molecule has 0 aliphatic heterocycles. The zero-order valence-corrected chi connectivity index (χ0v) is 10.8. The van der Waals surface area contributed by atoms with Crippen LogP contribution in [-0.2, 0) is 0 Å². The van der Waals surface area contributed by atoms with Crippen molar-refractivity contribution in [3.63, 3.8) is 0 Å². The molecular formula is C8H6BrClN4S. The molecule has 0 spiro atoms. The minimum absolute atomic E-state index is 0.580. The zero-order valence-electron chi connectivity index (χ0n) is 7.66. The van der Waals surface area contributed by atoms with E-state index in [2.05, 4.69) is 36.1 Å². The first kappa shape index (κ1) is 10.9. The molecule has 7 heteroatoms. The zero-order chi connectivity index (χ0) is 10.8. The van der Waals surface area contributed by atoms with E-state index in [0.717, 1.165) is 10.3 Å². The molecule has 0 bridgehead atoms. The number of halogens is 2. The SMILES string of the molecule is Cc1nc(Sc2ncc(Br)cc2Cl)n[nH]1. The summed E-state index contributed by atoms with van der Waals surface area (Å²) in [5, 5.41) is 8.64. The van der Waals surface area contributed by atoms with Gasteiger partial charge in [-0.25, -0.2) is 9.97 Å². The number of nitrogens with one attached hydrogen (secondary N) is 1. The van der Waals surface area contributed by atoms with Crippen molar-refractivity contribution in [3.8, 4) is 0 Å². The van der Waals surface area contributed by atoms with Gasteiger partial charge >= 0.3 is 0 Å². The van der Waals surface area contributed by atoms with Crippen LogP contribution in [0.5, 0.6) is 0 Å². The van der Waals surface area contributed by atoms with Gasteiger partial charge in [0.2, 0.25) is 5.16 Å². The molecule has 78 valence electrons. The molecule has 0 unspecified atom stereocenters. The molecule has 2 heterocycles. The van der Waals surface area contributed by atoms with Gasteiger partial charge in [-0.3, -0.25) is 5.10 Å². The number of aryl methyl sites for hydroxylation is 1. The van der Waals surface area contributed by atoms with Crippen LogP contribution in [0.1, 0.15) is 5.82 Å². The molecule has 0 amide bonds. The molecule has 0 saturated heterocycles. The Bertz CT molecular complexity index is 487. The monoisotopic (exact) mass is 304 g/mol. The largest absolute Gasteiger partial charge is 0.262 e. The lowest BCUT2D eigenvalue weighted by molar-refractivity contribution is 0.964. The molecule has 0 radical (unpaired) electrons. The number of aromatic amines is 1. The number of nitrogens with zero attached hydrogens (tertiary/aromatic N) is 3. The number of aromatic nitrogens is 4. The Morgan fingerprint density at radius 2 is 2.33 bits per heavy atom. The van der Waals surface area contributed by atoms with Gasteiger partial charge in [-0.1, -0.05) is 11.6 Å². The smallest absolute Gasteiger partial charge is 0.214 e. The van der Waals surface area contributed by atoms with E-state index in [0.29, 0.717) is 15.2 Å². The molecule has 0 atom stereocenters. The Morgan fingerprint density at radius 1 is 1.53 bits per heavy atom. The van der Waals surface area contributed by atoms with Crippen LogP contribution in [0, 0.1) is 6.92 Å². The number of hydrogen-bond acceptors (Lipinski definition) is 4. The standard InChI is InChI=1S/C8H6BrClN4S/c1-4-12-8(14-13-4)15-7-6(10)2-5(9)3-11-7/h2-3H,1H3,(H,12,13,14). The third-order valence-corrected chi connectivity index (χ3v) is 3.26. The third-order valence-electron chi connectivity index (χ3n) is 1.54.